The van der Waals surface area contributed by atoms with Gasteiger partial charge in [-0.05, 0) is 71.0 Å². The van der Waals surface area contributed by atoms with Crippen LogP contribution in [0.15, 0.2) is 24.7 Å². The van der Waals surface area contributed by atoms with Crippen molar-refractivity contribution in [1.82, 2.24) is 34.4 Å². The van der Waals surface area contributed by atoms with E-state index in [1.54, 1.807) is 6.33 Å². The minimum absolute atomic E-state index is 0.129. The fourth-order valence-electron chi connectivity index (χ4n) is 5.72. The molecular weight excluding hydrogens is 476 g/mol. The Morgan fingerprint density at radius 2 is 1.89 bits per heavy atom. The maximum absolute atomic E-state index is 12.9. The molecule has 5 heterocycles. The average molecular weight is 517 g/mol. The summed E-state index contributed by atoms with van der Waals surface area (Å²) in [5, 5.41) is 4.40. The number of nitrogens with one attached hydrogen (secondary N) is 1. The number of rotatable bonds is 6. The number of carbonyl (C=O) groups excluding carboxylic acids is 1. The fraction of sp³-hybridized carbons (Fsp3) is 0.517. The molecule has 4 aromatic heterocycles. The second-order valence-corrected chi connectivity index (χ2v) is 11.4. The Kier molecular flexibility index (Phi) is 6.90. The molecule has 1 fully saturated rings. The average Bonchev–Trinajstić information content (AvgIpc) is 3.50. The van der Waals surface area contributed by atoms with Gasteiger partial charge in [-0.2, -0.15) is 5.10 Å². The number of aryl methyl sites for hydroxylation is 1. The van der Waals surface area contributed by atoms with Gasteiger partial charge in [-0.25, -0.2) is 14.5 Å². The molecule has 0 saturated carbocycles. The SMILES string of the molecule is Cc1c(-c2[nH]c3ccc(N4C[C@@H](C)N(C(=O)CCN(C)C)C[C@H]4C)nc3c2C(C)C)cn2ncnc2c1C. The molecule has 0 bridgehead atoms. The number of hydrogen-bond acceptors (Lipinski definition) is 6. The zero-order valence-corrected chi connectivity index (χ0v) is 23.9. The van der Waals surface area contributed by atoms with E-state index in [4.69, 9.17) is 4.98 Å². The fourth-order valence-corrected chi connectivity index (χ4v) is 5.72. The number of H-pyrrole nitrogens is 1. The molecule has 1 aliphatic heterocycles. The van der Waals surface area contributed by atoms with Crippen LogP contribution in [-0.2, 0) is 4.79 Å². The van der Waals surface area contributed by atoms with Gasteiger partial charge in [0.2, 0.25) is 5.91 Å². The van der Waals surface area contributed by atoms with Gasteiger partial charge in [-0.15, -0.1) is 0 Å². The van der Waals surface area contributed by atoms with Crippen LogP contribution < -0.4 is 4.90 Å². The van der Waals surface area contributed by atoms with Crippen molar-refractivity contribution in [2.75, 3.05) is 38.6 Å². The molecule has 1 aliphatic rings. The van der Waals surface area contributed by atoms with E-state index in [-0.39, 0.29) is 23.9 Å². The number of hydrogen-bond donors (Lipinski definition) is 1. The van der Waals surface area contributed by atoms with Crippen LogP contribution in [0.1, 0.15) is 56.7 Å². The highest BCUT2D eigenvalue weighted by molar-refractivity contribution is 5.90. The Morgan fingerprint density at radius 1 is 1.13 bits per heavy atom. The van der Waals surface area contributed by atoms with E-state index in [1.807, 2.05) is 23.5 Å². The van der Waals surface area contributed by atoms with Crippen molar-refractivity contribution in [3.8, 4) is 11.3 Å². The number of aromatic amines is 1. The van der Waals surface area contributed by atoms with Crippen LogP contribution in [0.5, 0.6) is 0 Å². The topological polar surface area (TPSA) is 85.7 Å². The van der Waals surface area contributed by atoms with E-state index in [0.29, 0.717) is 13.0 Å². The molecule has 2 atom stereocenters. The third kappa shape index (κ3) is 4.53. The lowest BCUT2D eigenvalue weighted by Crippen LogP contribution is -2.58. The van der Waals surface area contributed by atoms with E-state index in [2.05, 4.69) is 84.7 Å². The van der Waals surface area contributed by atoms with E-state index >= 15 is 0 Å². The minimum Gasteiger partial charge on any atom is -0.353 e. The van der Waals surface area contributed by atoms with Crippen molar-refractivity contribution >= 4 is 28.4 Å². The van der Waals surface area contributed by atoms with Crippen molar-refractivity contribution in [1.29, 1.82) is 0 Å². The molecule has 1 saturated heterocycles. The predicted octanol–water partition coefficient (Wildman–Crippen LogP) is 4.39. The highest BCUT2D eigenvalue weighted by Crippen LogP contribution is 2.38. The van der Waals surface area contributed by atoms with E-state index in [0.717, 1.165) is 52.4 Å². The number of amides is 1. The molecule has 38 heavy (non-hydrogen) atoms. The van der Waals surface area contributed by atoms with Crippen LogP contribution in [0, 0.1) is 13.8 Å². The van der Waals surface area contributed by atoms with Crippen LogP contribution in [0.25, 0.3) is 27.9 Å². The van der Waals surface area contributed by atoms with Crippen LogP contribution in [-0.4, -0.2) is 86.1 Å². The van der Waals surface area contributed by atoms with Crippen molar-refractivity contribution < 1.29 is 4.79 Å². The number of nitrogens with zero attached hydrogens (tertiary/aromatic N) is 7. The molecule has 9 nitrogen and oxygen atoms in total. The van der Waals surface area contributed by atoms with E-state index in [9.17, 15) is 4.79 Å². The predicted molar refractivity (Wildman–Crippen MR) is 153 cm³/mol. The zero-order valence-electron chi connectivity index (χ0n) is 23.9. The Hall–Kier alpha value is -3.46. The largest absolute Gasteiger partial charge is 0.353 e. The van der Waals surface area contributed by atoms with E-state index in [1.165, 1.54) is 11.1 Å². The number of aromatic nitrogens is 5. The molecule has 202 valence electrons. The van der Waals surface area contributed by atoms with Crippen LogP contribution in [0.2, 0.25) is 0 Å². The summed E-state index contributed by atoms with van der Waals surface area (Å²) in [6.07, 6.45) is 4.22. The lowest BCUT2D eigenvalue weighted by molar-refractivity contribution is -0.134. The first-order chi connectivity index (χ1) is 18.1. The lowest BCUT2D eigenvalue weighted by Gasteiger charge is -2.45. The molecule has 0 radical (unpaired) electrons. The Morgan fingerprint density at radius 3 is 2.61 bits per heavy atom. The molecule has 0 unspecified atom stereocenters. The van der Waals surface area contributed by atoms with Gasteiger partial charge in [0.15, 0.2) is 5.65 Å². The Labute approximate surface area is 224 Å². The molecule has 0 spiro atoms. The quantitative estimate of drug-likeness (QED) is 0.409. The molecule has 1 N–H and O–H groups in total. The van der Waals surface area contributed by atoms with Gasteiger partial charge >= 0.3 is 0 Å². The van der Waals surface area contributed by atoms with Crippen molar-refractivity contribution in [3.63, 3.8) is 0 Å². The van der Waals surface area contributed by atoms with Crippen LogP contribution in [0.3, 0.4) is 0 Å². The second kappa shape index (κ2) is 10.0. The minimum atomic E-state index is 0.129. The molecular formula is C29H40N8O. The summed E-state index contributed by atoms with van der Waals surface area (Å²) in [6.45, 7) is 15.3. The van der Waals surface area contributed by atoms with Gasteiger partial charge in [0.25, 0.3) is 0 Å². The molecule has 4 aromatic rings. The zero-order chi connectivity index (χ0) is 27.3. The van der Waals surface area contributed by atoms with Gasteiger partial charge in [0.1, 0.15) is 12.1 Å². The molecule has 5 rings (SSSR count). The standard InChI is InChI=1S/C29H40N8O/c1-17(2)26-27(22-15-37-29(30-16-31-37)21(6)20(22)5)32-23-9-10-24(33-28(23)26)35-13-19(4)36(14-18(35)3)25(38)11-12-34(7)8/h9-10,15-19,32H,11-14H2,1-8H3/t18-,19-/m1/s1. The maximum atomic E-state index is 12.9. The first-order valence-electron chi connectivity index (χ1n) is 13.6. The summed E-state index contributed by atoms with van der Waals surface area (Å²) >= 11 is 0. The van der Waals surface area contributed by atoms with Gasteiger partial charge in [-0.1, -0.05) is 13.8 Å². The van der Waals surface area contributed by atoms with Crippen LogP contribution >= 0.6 is 0 Å². The third-order valence-corrected chi connectivity index (χ3v) is 8.01. The number of carbonyl (C=O) groups is 1. The summed E-state index contributed by atoms with van der Waals surface area (Å²) in [7, 11) is 4.01. The second-order valence-electron chi connectivity index (χ2n) is 11.4. The summed E-state index contributed by atoms with van der Waals surface area (Å²) in [6, 6.07) is 4.57. The van der Waals surface area contributed by atoms with Crippen molar-refractivity contribution in [2.45, 2.75) is 66.0 Å². The molecule has 0 aromatic carbocycles. The number of pyridine rings is 2. The van der Waals surface area contributed by atoms with Crippen molar-refractivity contribution in [3.05, 3.63) is 41.3 Å². The van der Waals surface area contributed by atoms with Crippen LogP contribution in [0.4, 0.5) is 5.82 Å². The summed E-state index contributed by atoms with van der Waals surface area (Å²) in [5.74, 6) is 1.47. The smallest absolute Gasteiger partial charge is 0.224 e. The highest BCUT2D eigenvalue weighted by atomic mass is 16.2. The lowest BCUT2D eigenvalue weighted by atomic mass is 9.95. The normalized spacial score (nSPS) is 18.5. The third-order valence-electron chi connectivity index (χ3n) is 8.01. The maximum Gasteiger partial charge on any atom is 0.224 e. The molecule has 9 heteroatoms. The van der Waals surface area contributed by atoms with E-state index < -0.39 is 0 Å². The first kappa shape index (κ1) is 26.2. The highest BCUT2D eigenvalue weighted by Gasteiger charge is 2.33. The van der Waals surface area contributed by atoms with Gasteiger partial charge in [0.05, 0.1) is 16.7 Å². The Balaban J connectivity index is 1.51. The number of piperazine rings is 1. The summed E-state index contributed by atoms with van der Waals surface area (Å²) in [5.41, 5.74) is 8.66. The van der Waals surface area contributed by atoms with Gasteiger partial charge in [0, 0.05) is 55.5 Å². The van der Waals surface area contributed by atoms with Gasteiger partial charge < -0.3 is 19.7 Å². The number of fused-ring (bicyclic) bond motifs is 2. The summed E-state index contributed by atoms with van der Waals surface area (Å²) < 4.78 is 1.86. The van der Waals surface area contributed by atoms with Crippen molar-refractivity contribution in [2.24, 2.45) is 0 Å². The molecule has 0 aliphatic carbocycles. The first-order valence-corrected chi connectivity index (χ1v) is 13.6. The molecule has 1 amide bonds. The Bertz CT molecular complexity index is 1480. The monoisotopic (exact) mass is 516 g/mol. The number of anilines is 1. The summed E-state index contributed by atoms with van der Waals surface area (Å²) in [4.78, 5) is 32.7. The van der Waals surface area contributed by atoms with Gasteiger partial charge in [-0.3, -0.25) is 4.79 Å².